The number of unbranched alkanes of at least 4 members (excludes halogenated alkanes) is 11. The van der Waals surface area contributed by atoms with Gasteiger partial charge in [-0.15, -0.1) is 0 Å². The Morgan fingerprint density at radius 1 is 0.846 bits per heavy atom. The van der Waals surface area contributed by atoms with Crippen molar-refractivity contribution in [1.82, 2.24) is 0 Å². The molecule has 0 saturated carbocycles. The molecule has 26 heavy (non-hydrogen) atoms. The topological polar surface area (TPSA) is 77.4 Å². The molecule has 1 aromatic carbocycles. The van der Waals surface area contributed by atoms with Crippen LogP contribution in [0.5, 0.6) is 5.75 Å². The van der Waals surface area contributed by atoms with Gasteiger partial charge in [0.25, 0.3) is 10.1 Å². The first-order chi connectivity index (χ1) is 12.0. The van der Waals surface area contributed by atoms with E-state index in [0.29, 0.717) is 12.0 Å². The van der Waals surface area contributed by atoms with Gasteiger partial charge in [-0.25, -0.2) is 0 Å². The van der Waals surface area contributed by atoms with E-state index in [1.807, 2.05) is 0 Å². The smallest absolute Gasteiger partial charge is 0.871 e. The molecule has 0 fully saturated rings. The Kier molecular flexibility index (Phi) is 15.8. The van der Waals surface area contributed by atoms with Crippen molar-refractivity contribution in [2.75, 3.05) is 0 Å². The van der Waals surface area contributed by atoms with Crippen LogP contribution in [0.4, 0.5) is 0 Å². The van der Waals surface area contributed by atoms with E-state index in [1.165, 1.54) is 63.9 Å². The Morgan fingerprint density at radius 2 is 1.31 bits per heavy atom. The second-order valence-corrected chi connectivity index (χ2v) is 8.25. The van der Waals surface area contributed by atoms with Gasteiger partial charge in [-0.3, -0.25) is 4.55 Å². The minimum absolute atomic E-state index is 0. The maximum Gasteiger partial charge on any atom is 1.00 e. The molecule has 0 radical (unpaired) electrons. The molecule has 4 nitrogen and oxygen atoms in total. The van der Waals surface area contributed by atoms with Crippen LogP contribution < -0.4 is 56.5 Å². The quantitative estimate of drug-likeness (QED) is 0.291. The normalized spacial score (nSPS) is 11.3. The van der Waals surface area contributed by atoms with Crippen LogP contribution in [0.3, 0.4) is 0 Å². The number of rotatable bonds is 14. The molecule has 0 aliphatic carbocycles. The van der Waals surface area contributed by atoms with E-state index in [4.69, 9.17) is 4.55 Å². The van der Waals surface area contributed by atoms with Crippen LogP contribution in [0.1, 0.15) is 89.5 Å². The van der Waals surface area contributed by atoms with E-state index in [9.17, 15) is 13.5 Å². The molecule has 0 aliphatic rings. The fourth-order valence-electron chi connectivity index (χ4n) is 3.12. The third-order valence-corrected chi connectivity index (χ3v) is 5.52. The average Bonchev–Trinajstić information content (AvgIpc) is 2.56. The van der Waals surface area contributed by atoms with E-state index < -0.39 is 20.8 Å². The minimum atomic E-state index is -4.42. The molecule has 0 unspecified atom stereocenters. The minimum Gasteiger partial charge on any atom is -0.871 e. The van der Waals surface area contributed by atoms with Gasteiger partial charge in [-0.05, 0) is 18.9 Å². The van der Waals surface area contributed by atoms with Crippen LogP contribution in [0.25, 0.3) is 0 Å². The Balaban J connectivity index is 0.00000625. The summed E-state index contributed by atoms with van der Waals surface area (Å²) in [5.41, 5.74) is 0.474. The van der Waals surface area contributed by atoms with Crippen molar-refractivity contribution in [2.45, 2.75) is 95.3 Å². The first kappa shape index (κ1) is 26.6. The zero-order chi connectivity index (χ0) is 18.5. The van der Waals surface area contributed by atoms with E-state index in [0.717, 1.165) is 25.3 Å². The molecule has 1 aromatic rings. The van der Waals surface area contributed by atoms with Crippen LogP contribution >= 0.6 is 0 Å². The van der Waals surface area contributed by atoms with Crippen molar-refractivity contribution < 1.29 is 69.5 Å². The fourth-order valence-corrected chi connectivity index (χ4v) is 3.73. The number of hydrogen-bond acceptors (Lipinski definition) is 3. The van der Waals surface area contributed by atoms with E-state index >= 15 is 0 Å². The van der Waals surface area contributed by atoms with Gasteiger partial charge in [0, 0.05) is 0 Å². The van der Waals surface area contributed by atoms with Crippen LogP contribution in [0.15, 0.2) is 23.1 Å². The molecule has 6 heteroatoms. The molecule has 1 N–H and O–H groups in total. The first-order valence-corrected chi connectivity index (χ1v) is 11.2. The van der Waals surface area contributed by atoms with E-state index in [1.54, 1.807) is 6.07 Å². The van der Waals surface area contributed by atoms with Gasteiger partial charge in [0.1, 0.15) is 0 Å². The van der Waals surface area contributed by atoms with Crippen LogP contribution in [-0.2, 0) is 16.5 Å². The van der Waals surface area contributed by atoms with Crippen LogP contribution in [0.2, 0.25) is 0 Å². The summed E-state index contributed by atoms with van der Waals surface area (Å²) in [6.45, 7) is 2.24. The zero-order valence-corrected chi connectivity index (χ0v) is 20.4. The molecule has 0 saturated heterocycles. The zero-order valence-electron chi connectivity index (χ0n) is 16.5. The summed E-state index contributed by atoms with van der Waals surface area (Å²) in [5, 5.41) is 12.0. The molecule has 0 aliphatic heterocycles. The number of hydrogen-bond donors (Lipinski definition) is 1. The summed E-state index contributed by atoms with van der Waals surface area (Å²) in [4.78, 5) is -0.510. The van der Waals surface area contributed by atoms with Crippen molar-refractivity contribution in [3.05, 3.63) is 23.8 Å². The average molecular weight is 409 g/mol. The summed E-state index contributed by atoms with van der Waals surface area (Å²) < 4.78 is 31.3. The first-order valence-electron chi connectivity index (χ1n) is 9.73. The molecule has 0 heterocycles. The summed E-state index contributed by atoms with van der Waals surface area (Å²) >= 11 is 0. The van der Waals surface area contributed by atoms with Gasteiger partial charge in [-0.2, -0.15) is 8.42 Å². The molecule has 0 amide bonds. The number of benzene rings is 1. The van der Waals surface area contributed by atoms with Crippen molar-refractivity contribution in [2.24, 2.45) is 0 Å². The van der Waals surface area contributed by atoms with Gasteiger partial charge >= 0.3 is 51.4 Å². The van der Waals surface area contributed by atoms with Crippen molar-refractivity contribution >= 4 is 10.1 Å². The predicted molar refractivity (Wildman–Crippen MR) is 100 cm³/mol. The Morgan fingerprint density at radius 3 is 1.77 bits per heavy atom. The van der Waals surface area contributed by atoms with Gasteiger partial charge in [-0.1, -0.05) is 101 Å². The Labute approximate surface area is 202 Å². The van der Waals surface area contributed by atoms with Crippen molar-refractivity contribution in [3.63, 3.8) is 0 Å². The molecule has 0 bridgehead atoms. The molecule has 0 aromatic heterocycles. The number of aryl methyl sites for hydroxylation is 1. The summed E-state index contributed by atoms with van der Waals surface area (Å²) in [5.74, 6) is -0.562. The number of para-hydroxylation sites is 1. The molecular weight excluding hydrogens is 375 g/mol. The summed E-state index contributed by atoms with van der Waals surface area (Å²) in [6.07, 6.45) is 15.6. The van der Waals surface area contributed by atoms with Crippen LogP contribution in [-0.4, -0.2) is 13.0 Å². The van der Waals surface area contributed by atoms with Crippen molar-refractivity contribution in [1.29, 1.82) is 0 Å². The molecule has 0 atom stereocenters. The van der Waals surface area contributed by atoms with Gasteiger partial charge in [0.2, 0.25) is 0 Å². The van der Waals surface area contributed by atoms with Crippen LogP contribution in [0, 0.1) is 0 Å². The third kappa shape index (κ3) is 11.4. The Hall–Kier alpha value is 0.566. The van der Waals surface area contributed by atoms with E-state index in [-0.39, 0.29) is 51.4 Å². The van der Waals surface area contributed by atoms with Crippen molar-refractivity contribution in [3.8, 4) is 5.75 Å². The predicted octanol–water partition coefficient (Wildman–Crippen LogP) is 2.25. The maximum absolute atomic E-state index is 12.0. The Bertz CT molecular complexity index is 587. The molecule has 1 rings (SSSR count). The van der Waals surface area contributed by atoms with Gasteiger partial charge in [0.05, 0.1) is 4.90 Å². The standard InChI is InChI=1S/C20H34O4S.K/c1-2-3-4-5-6-7-8-9-10-11-12-13-15-18-16-14-17-19(20(18)21)25(22,23)24;/h14,16-17,21H,2-13,15H2,1H3,(H,22,23,24);/q;+1/p-1. The van der Waals surface area contributed by atoms with Gasteiger partial charge < -0.3 is 5.11 Å². The largest absolute Gasteiger partial charge is 1.00 e. The fraction of sp³-hybridized carbons (Fsp3) is 0.700. The molecular formula is C20H33KO4S. The monoisotopic (exact) mass is 408 g/mol. The summed E-state index contributed by atoms with van der Waals surface area (Å²) in [6, 6.07) is 4.32. The van der Waals surface area contributed by atoms with E-state index in [2.05, 4.69) is 6.92 Å². The second-order valence-electron chi connectivity index (χ2n) is 6.86. The third-order valence-electron chi connectivity index (χ3n) is 4.64. The summed E-state index contributed by atoms with van der Waals surface area (Å²) in [7, 11) is -4.42. The SMILES string of the molecule is CCCCCCCCCCCCCCc1cccc(S(=O)(=O)O)c1[O-].[K+]. The molecule has 144 valence electrons. The second kappa shape index (κ2) is 15.5. The molecule has 0 spiro atoms. The maximum atomic E-state index is 12.0. The van der Waals surface area contributed by atoms with Gasteiger partial charge in [0.15, 0.2) is 0 Å².